The third kappa shape index (κ3) is 3.63. The van der Waals surface area contributed by atoms with E-state index in [4.69, 9.17) is 4.74 Å². The maximum absolute atomic E-state index is 12.7. The van der Waals surface area contributed by atoms with Crippen molar-refractivity contribution in [2.75, 3.05) is 14.2 Å². The van der Waals surface area contributed by atoms with Crippen LogP contribution in [0.25, 0.3) is 0 Å². The number of nitro benzene ring substituents is 1. The van der Waals surface area contributed by atoms with E-state index in [2.05, 4.69) is 4.98 Å². The molecule has 1 aromatic heterocycles. The number of hydrogen-bond donors (Lipinski definition) is 0. The zero-order valence-corrected chi connectivity index (χ0v) is 13.4. The second-order valence-electron chi connectivity index (χ2n) is 4.71. The second kappa shape index (κ2) is 6.71. The van der Waals surface area contributed by atoms with Gasteiger partial charge in [0.25, 0.3) is 5.69 Å². The van der Waals surface area contributed by atoms with Gasteiger partial charge in [-0.3, -0.25) is 15.1 Å². The molecule has 23 heavy (non-hydrogen) atoms. The number of nitro groups is 1. The molecule has 2 rings (SSSR count). The highest BCUT2D eigenvalue weighted by molar-refractivity contribution is 7.89. The van der Waals surface area contributed by atoms with E-state index in [1.807, 2.05) is 0 Å². The Balaban J connectivity index is 2.41. The highest BCUT2D eigenvalue weighted by atomic mass is 32.2. The summed E-state index contributed by atoms with van der Waals surface area (Å²) in [5.74, 6) is 0.0529. The smallest absolute Gasteiger partial charge is 0.271 e. The van der Waals surface area contributed by atoms with Crippen LogP contribution >= 0.6 is 0 Å². The first-order chi connectivity index (χ1) is 10.9. The molecule has 0 bridgehead atoms. The number of non-ortho nitro benzene ring substituents is 1. The Hall–Kier alpha value is -2.52. The van der Waals surface area contributed by atoms with E-state index in [-0.39, 0.29) is 22.9 Å². The highest BCUT2D eigenvalue weighted by Crippen LogP contribution is 2.30. The molecule has 122 valence electrons. The summed E-state index contributed by atoms with van der Waals surface area (Å²) in [4.78, 5) is 13.9. The number of pyridine rings is 1. The number of sulfonamides is 1. The molecule has 1 aromatic carbocycles. The lowest BCUT2D eigenvalue weighted by Gasteiger charge is -2.18. The van der Waals surface area contributed by atoms with Crippen LogP contribution in [-0.4, -0.2) is 36.8 Å². The van der Waals surface area contributed by atoms with Crippen molar-refractivity contribution >= 4 is 15.7 Å². The Kier molecular flexibility index (Phi) is 4.92. The predicted molar refractivity (Wildman–Crippen MR) is 82.5 cm³/mol. The first kappa shape index (κ1) is 16.8. The number of methoxy groups -OCH3 is 1. The highest BCUT2D eigenvalue weighted by Gasteiger charge is 2.27. The Morgan fingerprint density at radius 1 is 1.26 bits per heavy atom. The fourth-order valence-electron chi connectivity index (χ4n) is 1.98. The molecule has 0 saturated carbocycles. The van der Waals surface area contributed by atoms with Gasteiger partial charge in [-0.15, -0.1) is 0 Å². The quantitative estimate of drug-likeness (QED) is 0.588. The zero-order valence-electron chi connectivity index (χ0n) is 12.5. The first-order valence-corrected chi connectivity index (χ1v) is 7.98. The number of hydrogen-bond acceptors (Lipinski definition) is 6. The van der Waals surface area contributed by atoms with Crippen molar-refractivity contribution < 1.29 is 18.1 Å². The zero-order chi connectivity index (χ0) is 17.0. The van der Waals surface area contributed by atoms with Gasteiger partial charge >= 0.3 is 0 Å². The number of ether oxygens (including phenoxy) is 1. The van der Waals surface area contributed by atoms with Crippen LogP contribution in [-0.2, 0) is 16.6 Å². The van der Waals surface area contributed by atoms with E-state index in [1.165, 1.54) is 26.3 Å². The van der Waals surface area contributed by atoms with Crippen molar-refractivity contribution in [3.63, 3.8) is 0 Å². The van der Waals surface area contributed by atoms with Crippen LogP contribution in [0.5, 0.6) is 5.75 Å². The van der Waals surface area contributed by atoms with Crippen molar-refractivity contribution in [3.05, 3.63) is 58.4 Å². The Morgan fingerprint density at radius 3 is 2.48 bits per heavy atom. The molecule has 1 heterocycles. The fraction of sp³-hybridized carbons (Fsp3) is 0.214. The molecule has 0 spiro atoms. The summed E-state index contributed by atoms with van der Waals surface area (Å²) in [5.41, 5.74) is 0.428. The topological polar surface area (TPSA) is 103 Å². The molecule has 9 heteroatoms. The number of rotatable bonds is 6. The van der Waals surface area contributed by atoms with E-state index in [0.29, 0.717) is 0 Å². The molecule has 0 atom stereocenters. The Labute approximate surface area is 133 Å². The van der Waals surface area contributed by atoms with Gasteiger partial charge in [0.05, 0.1) is 12.0 Å². The minimum Gasteiger partial charge on any atom is -0.495 e. The average Bonchev–Trinajstić information content (AvgIpc) is 2.55. The lowest BCUT2D eigenvalue weighted by Crippen LogP contribution is -2.27. The van der Waals surface area contributed by atoms with E-state index in [1.54, 1.807) is 24.5 Å². The third-order valence-electron chi connectivity index (χ3n) is 3.20. The van der Waals surface area contributed by atoms with Gasteiger partial charge in [-0.25, -0.2) is 8.42 Å². The van der Waals surface area contributed by atoms with E-state index in [9.17, 15) is 18.5 Å². The summed E-state index contributed by atoms with van der Waals surface area (Å²) in [5, 5.41) is 10.9. The van der Waals surface area contributed by atoms with Gasteiger partial charge in [0.15, 0.2) is 0 Å². The maximum Gasteiger partial charge on any atom is 0.271 e. The van der Waals surface area contributed by atoms with Gasteiger partial charge in [-0.2, -0.15) is 4.31 Å². The number of nitrogens with zero attached hydrogens (tertiary/aromatic N) is 3. The molecule has 0 aliphatic heterocycles. The predicted octanol–water partition coefficient (Wildman–Crippen LogP) is 1.82. The van der Waals surface area contributed by atoms with Crippen LogP contribution in [0.3, 0.4) is 0 Å². The molecular weight excluding hydrogens is 322 g/mol. The van der Waals surface area contributed by atoms with E-state index >= 15 is 0 Å². The first-order valence-electron chi connectivity index (χ1n) is 6.54. The summed E-state index contributed by atoms with van der Waals surface area (Å²) >= 11 is 0. The molecule has 0 N–H and O–H groups in total. The van der Waals surface area contributed by atoms with Crippen LogP contribution in [0.2, 0.25) is 0 Å². The monoisotopic (exact) mass is 337 g/mol. The van der Waals surface area contributed by atoms with Gasteiger partial charge < -0.3 is 4.74 Å². The van der Waals surface area contributed by atoms with Gasteiger partial charge in [-0.1, -0.05) is 0 Å². The lowest BCUT2D eigenvalue weighted by molar-refractivity contribution is -0.385. The summed E-state index contributed by atoms with van der Waals surface area (Å²) in [6, 6.07) is 6.84. The SMILES string of the molecule is COc1ccc([N+](=O)[O-])cc1S(=O)(=O)N(C)Cc1ccncc1. The van der Waals surface area contributed by atoms with Crippen molar-refractivity contribution in [3.8, 4) is 5.75 Å². The standard InChI is InChI=1S/C14H15N3O5S/c1-16(10-11-5-7-15-8-6-11)23(20,21)14-9-12(17(18)19)3-4-13(14)22-2/h3-9H,10H2,1-2H3. The summed E-state index contributed by atoms with van der Waals surface area (Å²) in [6.45, 7) is 0.108. The molecular formula is C14H15N3O5S. The second-order valence-corrected chi connectivity index (χ2v) is 6.72. The van der Waals surface area contributed by atoms with Crippen molar-refractivity contribution in [1.82, 2.24) is 9.29 Å². The molecule has 0 unspecified atom stereocenters. The van der Waals surface area contributed by atoms with Crippen LogP contribution in [0.1, 0.15) is 5.56 Å². The van der Waals surface area contributed by atoms with Crippen LogP contribution in [0.15, 0.2) is 47.6 Å². The number of benzene rings is 1. The van der Waals surface area contributed by atoms with Gasteiger partial charge in [0.1, 0.15) is 10.6 Å². The Morgan fingerprint density at radius 2 is 1.91 bits per heavy atom. The fourth-order valence-corrected chi connectivity index (χ4v) is 3.31. The van der Waals surface area contributed by atoms with Gasteiger partial charge in [0, 0.05) is 38.1 Å². The van der Waals surface area contributed by atoms with Crippen molar-refractivity contribution in [2.45, 2.75) is 11.4 Å². The minimum atomic E-state index is -3.95. The minimum absolute atomic E-state index is 0.0529. The molecule has 0 aliphatic carbocycles. The van der Waals surface area contributed by atoms with Gasteiger partial charge in [-0.05, 0) is 23.8 Å². The van der Waals surface area contributed by atoms with Crippen LogP contribution in [0, 0.1) is 10.1 Å². The van der Waals surface area contributed by atoms with Gasteiger partial charge in [0.2, 0.25) is 10.0 Å². The number of aromatic nitrogens is 1. The molecule has 0 aliphatic rings. The third-order valence-corrected chi connectivity index (χ3v) is 5.03. The molecule has 2 aromatic rings. The van der Waals surface area contributed by atoms with Crippen LogP contribution in [0.4, 0.5) is 5.69 Å². The molecule has 8 nitrogen and oxygen atoms in total. The largest absolute Gasteiger partial charge is 0.495 e. The summed E-state index contributed by atoms with van der Waals surface area (Å²) < 4.78 is 31.5. The normalized spacial score (nSPS) is 11.4. The Bertz CT molecular complexity index is 808. The molecule has 0 amide bonds. The molecule has 0 saturated heterocycles. The maximum atomic E-state index is 12.7. The van der Waals surface area contributed by atoms with E-state index < -0.39 is 14.9 Å². The summed E-state index contributed by atoms with van der Waals surface area (Å²) in [7, 11) is -1.25. The lowest BCUT2D eigenvalue weighted by atomic mass is 10.3. The molecule has 0 fully saturated rings. The summed E-state index contributed by atoms with van der Waals surface area (Å²) in [6.07, 6.45) is 3.12. The van der Waals surface area contributed by atoms with Crippen molar-refractivity contribution in [2.24, 2.45) is 0 Å². The average molecular weight is 337 g/mol. The molecule has 0 radical (unpaired) electrons. The van der Waals surface area contributed by atoms with Crippen LogP contribution < -0.4 is 4.74 Å². The van der Waals surface area contributed by atoms with E-state index in [0.717, 1.165) is 15.9 Å². The van der Waals surface area contributed by atoms with Crippen molar-refractivity contribution in [1.29, 1.82) is 0 Å².